The standard InChI is InChI=1S/C19H20F2N4O/c1-24-17-5-3-2-4-16(17)23-19(24)12-26-18-11-25(10-15(18)21)9-13-6-7-22-8-14(13)20/h2-8,15,18H,9-12H2,1H3/t15-,18+/m1/s1. The molecule has 0 N–H and O–H groups in total. The molecule has 26 heavy (non-hydrogen) atoms. The van der Waals surface area contributed by atoms with Gasteiger partial charge in [0.05, 0.1) is 17.2 Å². The highest BCUT2D eigenvalue weighted by molar-refractivity contribution is 5.75. The van der Waals surface area contributed by atoms with E-state index in [0.717, 1.165) is 16.9 Å². The number of aromatic nitrogens is 3. The molecule has 1 fully saturated rings. The Morgan fingerprint density at radius 1 is 1.23 bits per heavy atom. The number of rotatable bonds is 5. The Morgan fingerprint density at radius 2 is 2.08 bits per heavy atom. The van der Waals surface area contributed by atoms with Gasteiger partial charge in [-0.05, 0) is 18.2 Å². The lowest BCUT2D eigenvalue weighted by Gasteiger charge is -2.16. The number of aryl methyl sites for hydroxylation is 1. The number of halogens is 2. The zero-order valence-electron chi connectivity index (χ0n) is 14.5. The van der Waals surface area contributed by atoms with Gasteiger partial charge in [-0.1, -0.05) is 12.1 Å². The highest BCUT2D eigenvalue weighted by Crippen LogP contribution is 2.22. The molecule has 7 heteroatoms. The summed E-state index contributed by atoms with van der Waals surface area (Å²) in [5.41, 5.74) is 2.43. The predicted octanol–water partition coefficient (Wildman–Crippen LogP) is 2.85. The van der Waals surface area contributed by atoms with E-state index < -0.39 is 12.3 Å². The molecular formula is C19H20F2N4O. The van der Waals surface area contributed by atoms with Crippen molar-refractivity contribution in [3.63, 3.8) is 0 Å². The first-order valence-electron chi connectivity index (χ1n) is 8.58. The van der Waals surface area contributed by atoms with Crippen LogP contribution in [0.15, 0.2) is 42.7 Å². The molecule has 0 amide bonds. The average Bonchev–Trinajstić information content (AvgIpc) is 3.15. The molecule has 1 aromatic carbocycles. The predicted molar refractivity (Wildman–Crippen MR) is 93.7 cm³/mol. The van der Waals surface area contributed by atoms with Crippen LogP contribution in [0.5, 0.6) is 0 Å². The number of likely N-dealkylation sites (tertiary alicyclic amines) is 1. The Balaban J connectivity index is 1.39. The van der Waals surface area contributed by atoms with Crippen LogP contribution in [-0.2, 0) is 24.9 Å². The summed E-state index contributed by atoms with van der Waals surface area (Å²) in [6.07, 6.45) is 1.08. The molecule has 1 saturated heterocycles. The van der Waals surface area contributed by atoms with Gasteiger partial charge in [0.25, 0.3) is 0 Å². The van der Waals surface area contributed by atoms with Crippen molar-refractivity contribution in [2.45, 2.75) is 25.4 Å². The van der Waals surface area contributed by atoms with Crippen LogP contribution < -0.4 is 0 Å². The number of para-hydroxylation sites is 2. The van der Waals surface area contributed by atoms with E-state index in [4.69, 9.17) is 4.74 Å². The maximum Gasteiger partial charge on any atom is 0.145 e. The number of imidazole rings is 1. The second-order valence-electron chi connectivity index (χ2n) is 6.60. The molecule has 3 aromatic rings. The smallest absolute Gasteiger partial charge is 0.145 e. The Kier molecular flexibility index (Phi) is 4.65. The van der Waals surface area contributed by atoms with Gasteiger partial charge in [-0.25, -0.2) is 13.8 Å². The molecule has 5 nitrogen and oxygen atoms in total. The van der Waals surface area contributed by atoms with Crippen molar-refractivity contribution in [3.8, 4) is 0 Å². The zero-order chi connectivity index (χ0) is 18.1. The maximum atomic E-state index is 14.3. The topological polar surface area (TPSA) is 43.2 Å². The molecule has 0 unspecified atom stereocenters. The van der Waals surface area contributed by atoms with Crippen molar-refractivity contribution in [2.75, 3.05) is 13.1 Å². The van der Waals surface area contributed by atoms with Gasteiger partial charge in [0.2, 0.25) is 0 Å². The molecule has 3 heterocycles. The number of benzene rings is 1. The number of nitrogens with zero attached hydrogens (tertiary/aromatic N) is 4. The van der Waals surface area contributed by atoms with Crippen molar-refractivity contribution in [1.82, 2.24) is 19.4 Å². The lowest BCUT2D eigenvalue weighted by atomic mass is 10.2. The summed E-state index contributed by atoms with van der Waals surface area (Å²) >= 11 is 0. The van der Waals surface area contributed by atoms with Crippen LogP contribution in [0.1, 0.15) is 11.4 Å². The van der Waals surface area contributed by atoms with Crippen LogP contribution in [0.25, 0.3) is 11.0 Å². The summed E-state index contributed by atoms with van der Waals surface area (Å²) in [6, 6.07) is 9.45. The maximum absolute atomic E-state index is 14.3. The summed E-state index contributed by atoms with van der Waals surface area (Å²) in [5.74, 6) is 0.393. The van der Waals surface area contributed by atoms with E-state index >= 15 is 0 Å². The second-order valence-corrected chi connectivity index (χ2v) is 6.60. The third kappa shape index (κ3) is 3.32. The van der Waals surface area contributed by atoms with E-state index in [-0.39, 0.29) is 19.0 Å². The van der Waals surface area contributed by atoms with Crippen molar-refractivity contribution >= 4 is 11.0 Å². The van der Waals surface area contributed by atoms with Crippen LogP contribution >= 0.6 is 0 Å². The summed E-state index contributed by atoms with van der Waals surface area (Å²) in [5, 5.41) is 0. The molecule has 1 aliphatic heterocycles. The molecule has 0 aliphatic carbocycles. The number of alkyl halides is 1. The van der Waals surface area contributed by atoms with Gasteiger partial charge in [-0.2, -0.15) is 0 Å². The summed E-state index contributed by atoms with van der Waals surface area (Å²) in [6.45, 7) is 1.25. The quantitative estimate of drug-likeness (QED) is 0.703. The third-order valence-corrected chi connectivity index (χ3v) is 4.83. The Morgan fingerprint density at radius 3 is 2.88 bits per heavy atom. The summed E-state index contributed by atoms with van der Waals surface area (Å²) in [4.78, 5) is 10.1. The largest absolute Gasteiger partial charge is 0.366 e. The van der Waals surface area contributed by atoms with Crippen LogP contribution in [0.3, 0.4) is 0 Å². The first-order valence-corrected chi connectivity index (χ1v) is 8.58. The molecular weight excluding hydrogens is 338 g/mol. The first kappa shape index (κ1) is 17.1. The monoisotopic (exact) mass is 358 g/mol. The lowest BCUT2D eigenvalue weighted by molar-refractivity contribution is 0.00747. The van der Waals surface area contributed by atoms with E-state index in [9.17, 15) is 8.78 Å². The van der Waals surface area contributed by atoms with Gasteiger partial charge in [0.15, 0.2) is 0 Å². The van der Waals surface area contributed by atoms with Crippen molar-refractivity contribution in [1.29, 1.82) is 0 Å². The van der Waals surface area contributed by atoms with Gasteiger partial charge in [-0.15, -0.1) is 0 Å². The Labute approximate surface area is 150 Å². The van der Waals surface area contributed by atoms with E-state index in [1.54, 1.807) is 12.3 Å². The molecule has 4 rings (SSSR count). The Hall–Kier alpha value is -2.38. The molecule has 2 aromatic heterocycles. The molecule has 0 bridgehead atoms. The van der Waals surface area contributed by atoms with Crippen LogP contribution in [0, 0.1) is 5.82 Å². The summed E-state index contributed by atoms with van der Waals surface area (Å²) < 4.78 is 35.8. The molecule has 136 valence electrons. The average molecular weight is 358 g/mol. The second kappa shape index (κ2) is 7.09. The van der Waals surface area contributed by atoms with E-state index in [1.807, 2.05) is 40.8 Å². The van der Waals surface area contributed by atoms with Crippen molar-refractivity contribution in [2.24, 2.45) is 7.05 Å². The van der Waals surface area contributed by atoms with E-state index in [2.05, 4.69) is 9.97 Å². The molecule has 0 saturated carbocycles. The van der Waals surface area contributed by atoms with Gasteiger partial charge >= 0.3 is 0 Å². The van der Waals surface area contributed by atoms with Crippen molar-refractivity contribution in [3.05, 3.63) is 59.9 Å². The van der Waals surface area contributed by atoms with E-state index in [0.29, 0.717) is 18.7 Å². The third-order valence-electron chi connectivity index (χ3n) is 4.83. The SMILES string of the molecule is Cn1c(CO[C@H]2CN(Cc3ccncc3F)C[C@H]2F)nc2ccccc21. The van der Waals surface area contributed by atoms with Crippen LogP contribution in [0.4, 0.5) is 8.78 Å². The normalized spacial score (nSPS) is 20.9. The minimum absolute atomic E-state index is 0.231. The number of fused-ring (bicyclic) bond motifs is 1. The van der Waals surface area contributed by atoms with Gasteiger partial charge in [0, 0.05) is 38.4 Å². The number of pyridine rings is 1. The first-order chi connectivity index (χ1) is 12.6. The zero-order valence-corrected chi connectivity index (χ0v) is 14.5. The minimum atomic E-state index is -1.10. The van der Waals surface area contributed by atoms with Gasteiger partial charge in [-0.3, -0.25) is 9.88 Å². The molecule has 0 radical (unpaired) electrons. The van der Waals surface area contributed by atoms with Gasteiger partial charge in [0.1, 0.15) is 30.5 Å². The van der Waals surface area contributed by atoms with Gasteiger partial charge < -0.3 is 9.30 Å². The molecule has 0 spiro atoms. The highest BCUT2D eigenvalue weighted by atomic mass is 19.1. The molecule has 2 atom stereocenters. The number of hydrogen-bond acceptors (Lipinski definition) is 4. The highest BCUT2D eigenvalue weighted by Gasteiger charge is 2.34. The van der Waals surface area contributed by atoms with Crippen LogP contribution in [0.2, 0.25) is 0 Å². The summed E-state index contributed by atoms with van der Waals surface area (Å²) in [7, 11) is 1.92. The minimum Gasteiger partial charge on any atom is -0.366 e. The van der Waals surface area contributed by atoms with E-state index in [1.165, 1.54) is 6.20 Å². The fraction of sp³-hybridized carbons (Fsp3) is 0.368. The molecule has 1 aliphatic rings. The Bertz CT molecular complexity index is 913. The number of hydrogen-bond donors (Lipinski definition) is 0. The van der Waals surface area contributed by atoms with Crippen LogP contribution in [-0.4, -0.2) is 44.8 Å². The lowest BCUT2D eigenvalue weighted by Crippen LogP contribution is -2.25. The fourth-order valence-corrected chi connectivity index (χ4v) is 3.37. The van der Waals surface area contributed by atoms with Crippen molar-refractivity contribution < 1.29 is 13.5 Å². The fourth-order valence-electron chi connectivity index (χ4n) is 3.37. The number of ether oxygens (including phenoxy) is 1.